The highest BCUT2D eigenvalue weighted by atomic mass is 16.5. The van der Waals surface area contributed by atoms with Crippen molar-refractivity contribution in [2.45, 2.75) is 44.9 Å². The predicted octanol–water partition coefficient (Wildman–Crippen LogP) is 5.42. The molecule has 0 aliphatic carbocycles. The van der Waals surface area contributed by atoms with Crippen molar-refractivity contribution in [3.05, 3.63) is 84.4 Å². The van der Waals surface area contributed by atoms with E-state index in [-0.39, 0.29) is 18.9 Å². The van der Waals surface area contributed by atoms with Gasteiger partial charge in [0.2, 0.25) is 5.91 Å². The molecule has 1 heterocycles. The fourth-order valence-electron chi connectivity index (χ4n) is 5.09. The second-order valence-electron chi connectivity index (χ2n) is 10.8. The molecule has 0 spiro atoms. The molecule has 0 bridgehead atoms. The van der Waals surface area contributed by atoms with E-state index in [9.17, 15) is 14.7 Å². The first-order valence-corrected chi connectivity index (χ1v) is 12.7. The van der Waals surface area contributed by atoms with Gasteiger partial charge in [0, 0.05) is 25.3 Å². The SMILES string of the molecule is COc1cccc(N[C@H](C(=O)N2C[C@](OC)(c3ccc(-c4ccccc4)cc3)C[C@H]2C(=O)O)C(C)(C)C)c1. The van der Waals surface area contributed by atoms with E-state index < -0.39 is 29.1 Å². The van der Waals surface area contributed by atoms with Crippen LogP contribution in [-0.2, 0) is 19.9 Å². The van der Waals surface area contributed by atoms with E-state index in [0.717, 1.165) is 22.4 Å². The Bertz CT molecular complexity index is 1270. The average Bonchev–Trinajstić information content (AvgIpc) is 3.33. The summed E-state index contributed by atoms with van der Waals surface area (Å²) in [5, 5.41) is 13.5. The van der Waals surface area contributed by atoms with Crippen molar-refractivity contribution in [3.63, 3.8) is 0 Å². The molecule has 3 aromatic rings. The number of carbonyl (C=O) groups is 2. The van der Waals surface area contributed by atoms with E-state index in [1.165, 1.54) is 4.90 Å². The lowest BCUT2D eigenvalue weighted by Gasteiger charge is -2.36. The van der Waals surface area contributed by atoms with Crippen LogP contribution in [0.2, 0.25) is 0 Å². The van der Waals surface area contributed by atoms with Gasteiger partial charge in [-0.25, -0.2) is 4.79 Å². The smallest absolute Gasteiger partial charge is 0.326 e. The third-order valence-corrected chi connectivity index (χ3v) is 7.30. The molecule has 200 valence electrons. The van der Waals surface area contributed by atoms with Gasteiger partial charge in [-0.1, -0.05) is 81.4 Å². The Balaban J connectivity index is 1.65. The fraction of sp³-hybridized carbons (Fsp3) is 0.355. The number of carboxylic acid groups (broad SMARTS) is 1. The number of nitrogens with one attached hydrogen (secondary N) is 1. The Hall–Kier alpha value is -3.84. The maximum atomic E-state index is 14.1. The summed E-state index contributed by atoms with van der Waals surface area (Å²) in [4.78, 5) is 27.9. The number of aliphatic carboxylic acids is 1. The number of carbonyl (C=O) groups excluding carboxylic acids is 1. The molecule has 38 heavy (non-hydrogen) atoms. The first-order valence-electron chi connectivity index (χ1n) is 12.7. The lowest BCUT2D eigenvalue weighted by atomic mass is 9.85. The predicted molar refractivity (Wildman–Crippen MR) is 148 cm³/mol. The molecule has 4 rings (SSSR count). The van der Waals surface area contributed by atoms with Gasteiger partial charge >= 0.3 is 5.97 Å². The molecule has 0 unspecified atom stereocenters. The van der Waals surface area contributed by atoms with Gasteiger partial charge in [-0.15, -0.1) is 0 Å². The highest BCUT2D eigenvalue weighted by Gasteiger charge is 2.52. The summed E-state index contributed by atoms with van der Waals surface area (Å²) in [5.74, 6) is -0.670. The van der Waals surface area contributed by atoms with E-state index in [1.807, 2.05) is 99.6 Å². The zero-order valence-electron chi connectivity index (χ0n) is 22.6. The monoisotopic (exact) mass is 516 g/mol. The summed E-state index contributed by atoms with van der Waals surface area (Å²) in [6.07, 6.45) is 0.158. The quantitative estimate of drug-likeness (QED) is 0.416. The first kappa shape index (κ1) is 27.2. The van der Waals surface area contributed by atoms with E-state index >= 15 is 0 Å². The molecule has 1 aliphatic rings. The maximum absolute atomic E-state index is 14.1. The lowest BCUT2D eigenvalue weighted by molar-refractivity contribution is -0.149. The second kappa shape index (κ2) is 10.9. The Morgan fingerprint density at radius 2 is 1.63 bits per heavy atom. The Morgan fingerprint density at radius 1 is 0.974 bits per heavy atom. The lowest BCUT2D eigenvalue weighted by Crippen LogP contribution is -2.53. The zero-order chi connectivity index (χ0) is 27.5. The third-order valence-electron chi connectivity index (χ3n) is 7.30. The summed E-state index contributed by atoms with van der Waals surface area (Å²) >= 11 is 0. The number of anilines is 1. The van der Waals surface area contributed by atoms with Crippen molar-refractivity contribution in [1.82, 2.24) is 4.90 Å². The topological polar surface area (TPSA) is 88.1 Å². The van der Waals surface area contributed by atoms with Crippen LogP contribution in [0.25, 0.3) is 11.1 Å². The minimum Gasteiger partial charge on any atom is -0.497 e. The normalized spacial score (nSPS) is 20.1. The molecule has 7 nitrogen and oxygen atoms in total. The van der Waals surface area contributed by atoms with Crippen LogP contribution >= 0.6 is 0 Å². The van der Waals surface area contributed by atoms with E-state index in [0.29, 0.717) is 5.75 Å². The number of hydrogen-bond acceptors (Lipinski definition) is 5. The molecule has 1 amide bonds. The third kappa shape index (κ3) is 5.53. The minimum atomic E-state index is -1.05. The van der Waals surface area contributed by atoms with Crippen LogP contribution in [0.4, 0.5) is 5.69 Å². The number of ether oxygens (including phenoxy) is 2. The molecule has 0 radical (unpaired) electrons. The number of rotatable bonds is 8. The minimum absolute atomic E-state index is 0.135. The van der Waals surface area contributed by atoms with Gasteiger partial charge in [-0.2, -0.15) is 0 Å². The average molecular weight is 517 g/mol. The number of nitrogens with zero attached hydrogens (tertiary/aromatic N) is 1. The van der Waals surface area contributed by atoms with Crippen LogP contribution < -0.4 is 10.1 Å². The Labute approximate surface area is 224 Å². The van der Waals surface area contributed by atoms with Gasteiger partial charge in [0.25, 0.3) is 0 Å². The molecular weight excluding hydrogens is 480 g/mol. The summed E-state index contributed by atoms with van der Waals surface area (Å²) in [5.41, 5.74) is 2.27. The highest BCUT2D eigenvalue weighted by Crippen LogP contribution is 2.41. The van der Waals surface area contributed by atoms with Crippen molar-refractivity contribution < 1.29 is 24.2 Å². The second-order valence-corrected chi connectivity index (χ2v) is 10.8. The molecule has 2 N–H and O–H groups in total. The van der Waals surface area contributed by atoms with Gasteiger partial charge < -0.3 is 24.8 Å². The maximum Gasteiger partial charge on any atom is 0.326 e. The van der Waals surface area contributed by atoms with Crippen molar-refractivity contribution in [1.29, 1.82) is 0 Å². The fourth-order valence-corrected chi connectivity index (χ4v) is 5.09. The van der Waals surface area contributed by atoms with Crippen molar-refractivity contribution >= 4 is 17.6 Å². The highest BCUT2D eigenvalue weighted by molar-refractivity contribution is 5.90. The number of carboxylic acids is 1. The summed E-state index contributed by atoms with van der Waals surface area (Å²) in [6.45, 7) is 6.01. The molecule has 1 fully saturated rings. The summed E-state index contributed by atoms with van der Waals surface area (Å²) in [7, 11) is 3.16. The molecule has 1 saturated heterocycles. The Kier molecular flexibility index (Phi) is 7.78. The number of benzene rings is 3. The van der Waals surface area contributed by atoms with Crippen LogP contribution in [0.3, 0.4) is 0 Å². The van der Waals surface area contributed by atoms with E-state index in [2.05, 4.69) is 5.32 Å². The van der Waals surface area contributed by atoms with Crippen LogP contribution in [0.5, 0.6) is 5.75 Å². The first-order chi connectivity index (χ1) is 18.1. The van der Waals surface area contributed by atoms with E-state index in [1.54, 1.807) is 14.2 Å². The van der Waals surface area contributed by atoms with Crippen LogP contribution in [0.15, 0.2) is 78.9 Å². The van der Waals surface area contributed by atoms with Crippen molar-refractivity contribution in [2.75, 3.05) is 26.1 Å². The zero-order valence-corrected chi connectivity index (χ0v) is 22.6. The molecule has 1 aliphatic heterocycles. The van der Waals surface area contributed by atoms with Gasteiger partial charge in [0.05, 0.1) is 13.7 Å². The van der Waals surface area contributed by atoms with Crippen LogP contribution in [0.1, 0.15) is 32.8 Å². The standard InChI is InChI=1S/C31H36N2O5/c1-30(2,3)27(32-24-12-9-13-25(18-24)37-4)28(34)33-20-31(38-5,19-26(33)29(35)36)23-16-14-22(15-17-23)21-10-7-6-8-11-21/h6-18,26-27,32H,19-20H2,1-5H3,(H,35,36)/t26-,27+,31-/m0/s1. The molecular formula is C31H36N2O5. The molecule has 3 aromatic carbocycles. The van der Waals surface area contributed by atoms with Gasteiger partial charge in [-0.05, 0) is 34.2 Å². The summed E-state index contributed by atoms with van der Waals surface area (Å²) in [6, 6.07) is 23.6. The number of methoxy groups -OCH3 is 2. The summed E-state index contributed by atoms with van der Waals surface area (Å²) < 4.78 is 11.3. The van der Waals surface area contributed by atoms with Crippen LogP contribution in [-0.4, -0.2) is 54.7 Å². The van der Waals surface area contributed by atoms with Gasteiger partial charge in [-0.3, -0.25) is 4.79 Å². The number of likely N-dealkylation sites (tertiary alicyclic amines) is 1. The molecule has 3 atom stereocenters. The molecule has 7 heteroatoms. The molecule has 0 aromatic heterocycles. The van der Waals surface area contributed by atoms with E-state index in [4.69, 9.17) is 9.47 Å². The Morgan fingerprint density at radius 3 is 2.21 bits per heavy atom. The van der Waals surface area contributed by atoms with Crippen LogP contribution in [0, 0.1) is 5.41 Å². The van der Waals surface area contributed by atoms with Gasteiger partial charge in [0.1, 0.15) is 23.4 Å². The van der Waals surface area contributed by atoms with Crippen molar-refractivity contribution in [2.24, 2.45) is 5.41 Å². The number of amides is 1. The van der Waals surface area contributed by atoms with Gasteiger partial charge in [0.15, 0.2) is 0 Å². The van der Waals surface area contributed by atoms with Crippen molar-refractivity contribution in [3.8, 4) is 16.9 Å². The molecule has 0 saturated carbocycles. The number of hydrogen-bond donors (Lipinski definition) is 2. The largest absolute Gasteiger partial charge is 0.497 e.